The molecule has 0 saturated heterocycles. The van der Waals surface area contributed by atoms with Crippen LogP contribution in [0, 0.1) is 5.92 Å². The van der Waals surface area contributed by atoms with Crippen LogP contribution in [0.4, 0.5) is 0 Å². The van der Waals surface area contributed by atoms with Crippen molar-refractivity contribution in [3.8, 4) is 0 Å². The highest BCUT2D eigenvalue weighted by Gasteiger charge is 2.26. The van der Waals surface area contributed by atoms with Crippen LogP contribution < -0.4 is 5.32 Å². The summed E-state index contributed by atoms with van der Waals surface area (Å²) in [6.45, 7) is 5.72. The van der Waals surface area contributed by atoms with Gasteiger partial charge in [0.25, 0.3) is 0 Å². The lowest BCUT2D eigenvalue weighted by Crippen LogP contribution is -2.41. The van der Waals surface area contributed by atoms with E-state index in [4.69, 9.17) is 0 Å². The summed E-state index contributed by atoms with van der Waals surface area (Å²) in [4.78, 5) is 2.64. The zero-order valence-electron chi connectivity index (χ0n) is 13.6. The second kappa shape index (κ2) is 6.93. The largest absolute Gasteiger partial charge is 0.312 e. The Bertz CT molecular complexity index is 449. The third-order valence-electron chi connectivity index (χ3n) is 5.73. The molecule has 1 fully saturated rings. The second-order valence-corrected chi connectivity index (χ2v) is 7.05. The van der Waals surface area contributed by atoms with E-state index < -0.39 is 0 Å². The van der Waals surface area contributed by atoms with Crippen LogP contribution in [-0.2, 0) is 6.54 Å². The quantitative estimate of drug-likeness (QED) is 0.906. The number of nitrogens with zero attached hydrogens (tertiary/aromatic N) is 1. The molecule has 1 aromatic carbocycles. The Kier molecular flexibility index (Phi) is 4.97. The van der Waals surface area contributed by atoms with Crippen molar-refractivity contribution in [2.75, 3.05) is 20.1 Å². The molecule has 116 valence electrons. The van der Waals surface area contributed by atoms with Gasteiger partial charge in [0, 0.05) is 31.6 Å². The Labute approximate surface area is 129 Å². The van der Waals surface area contributed by atoms with Gasteiger partial charge in [-0.2, -0.15) is 0 Å². The minimum atomic E-state index is 0.656. The molecule has 1 unspecified atom stereocenters. The second-order valence-electron chi connectivity index (χ2n) is 7.05. The summed E-state index contributed by atoms with van der Waals surface area (Å²) >= 11 is 0. The minimum absolute atomic E-state index is 0.656. The molecular weight excluding hydrogens is 256 g/mol. The molecule has 21 heavy (non-hydrogen) atoms. The lowest BCUT2D eigenvalue weighted by atomic mass is 9.83. The summed E-state index contributed by atoms with van der Waals surface area (Å²) in [5.74, 6) is 1.65. The third kappa shape index (κ3) is 3.49. The molecule has 0 aromatic heterocycles. The van der Waals surface area contributed by atoms with Gasteiger partial charge in [-0.25, -0.2) is 0 Å². The van der Waals surface area contributed by atoms with Gasteiger partial charge in [-0.3, -0.25) is 0 Å². The average Bonchev–Trinajstić information content (AvgIpc) is 2.55. The molecular formula is C19H30N2. The Morgan fingerprint density at radius 3 is 2.67 bits per heavy atom. The van der Waals surface area contributed by atoms with E-state index in [1.54, 1.807) is 5.56 Å². The molecule has 0 spiro atoms. The fourth-order valence-electron chi connectivity index (χ4n) is 4.24. The van der Waals surface area contributed by atoms with Gasteiger partial charge < -0.3 is 10.2 Å². The van der Waals surface area contributed by atoms with E-state index in [9.17, 15) is 0 Å². The van der Waals surface area contributed by atoms with Crippen molar-refractivity contribution in [2.24, 2.45) is 5.92 Å². The van der Waals surface area contributed by atoms with E-state index >= 15 is 0 Å². The number of benzene rings is 1. The summed E-state index contributed by atoms with van der Waals surface area (Å²) < 4.78 is 0. The molecule has 2 heteroatoms. The van der Waals surface area contributed by atoms with E-state index in [2.05, 4.69) is 48.5 Å². The van der Waals surface area contributed by atoms with Crippen molar-refractivity contribution in [2.45, 2.75) is 57.5 Å². The van der Waals surface area contributed by atoms with Gasteiger partial charge in [0.2, 0.25) is 0 Å². The van der Waals surface area contributed by atoms with Crippen LogP contribution in [0.15, 0.2) is 24.3 Å². The van der Waals surface area contributed by atoms with Crippen LogP contribution in [0.2, 0.25) is 0 Å². The molecule has 2 nitrogen and oxygen atoms in total. The van der Waals surface area contributed by atoms with Gasteiger partial charge >= 0.3 is 0 Å². The summed E-state index contributed by atoms with van der Waals surface area (Å²) in [6.07, 6.45) is 7.04. The summed E-state index contributed by atoms with van der Waals surface area (Å²) in [5.41, 5.74) is 3.07. The van der Waals surface area contributed by atoms with Crippen LogP contribution in [0.25, 0.3) is 0 Å². The first kappa shape index (κ1) is 15.1. The van der Waals surface area contributed by atoms with Crippen molar-refractivity contribution >= 4 is 0 Å². The standard InChI is InChI=1S/C19H30N2/c1-3-15-8-10-18(11-9-15)21(2)14-17-13-20-12-16-6-4-5-7-19(16)17/h4-7,15,17-18,20H,3,8-14H2,1-2H3. The Balaban J connectivity index is 1.60. The predicted octanol–water partition coefficient (Wildman–Crippen LogP) is 3.77. The van der Waals surface area contributed by atoms with Gasteiger partial charge in [-0.05, 0) is 49.8 Å². The lowest BCUT2D eigenvalue weighted by Gasteiger charge is -2.37. The molecule has 1 saturated carbocycles. The smallest absolute Gasteiger partial charge is 0.0208 e. The van der Waals surface area contributed by atoms with Gasteiger partial charge in [-0.1, -0.05) is 37.6 Å². The van der Waals surface area contributed by atoms with Gasteiger partial charge in [0.1, 0.15) is 0 Å². The average molecular weight is 286 g/mol. The number of likely N-dealkylation sites (N-methyl/N-ethyl adjacent to an activating group) is 1. The monoisotopic (exact) mass is 286 g/mol. The van der Waals surface area contributed by atoms with Crippen molar-refractivity contribution in [3.05, 3.63) is 35.4 Å². The fraction of sp³-hybridized carbons (Fsp3) is 0.684. The number of hydrogen-bond acceptors (Lipinski definition) is 2. The van der Waals surface area contributed by atoms with Crippen molar-refractivity contribution in [1.82, 2.24) is 10.2 Å². The van der Waals surface area contributed by atoms with Gasteiger partial charge in [-0.15, -0.1) is 0 Å². The van der Waals surface area contributed by atoms with E-state index in [-0.39, 0.29) is 0 Å². The first-order valence-electron chi connectivity index (χ1n) is 8.76. The van der Waals surface area contributed by atoms with Gasteiger partial charge in [0.05, 0.1) is 0 Å². The zero-order valence-corrected chi connectivity index (χ0v) is 13.6. The number of nitrogens with one attached hydrogen (secondary N) is 1. The van der Waals surface area contributed by atoms with E-state index in [1.807, 2.05) is 0 Å². The summed E-state index contributed by atoms with van der Waals surface area (Å²) in [7, 11) is 2.34. The predicted molar refractivity (Wildman–Crippen MR) is 89.6 cm³/mol. The Morgan fingerprint density at radius 2 is 1.90 bits per heavy atom. The van der Waals surface area contributed by atoms with E-state index in [1.165, 1.54) is 44.2 Å². The number of fused-ring (bicyclic) bond motifs is 1. The van der Waals surface area contributed by atoms with Gasteiger partial charge in [0.15, 0.2) is 0 Å². The van der Waals surface area contributed by atoms with Crippen LogP contribution in [0.3, 0.4) is 0 Å². The molecule has 1 atom stereocenters. The Hall–Kier alpha value is -0.860. The minimum Gasteiger partial charge on any atom is -0.312 e. The van der Waals surface area contributed by atoms with Crippen molar-refractivity contribution in [3.63, 3.8) is 0 Å². The maximum atomic E-state index is 3.59. The van der Waals surface area contributed by atoms with Crippen molar-refractivity contribution < 1.29 is 0 Å². The molecule has 0 radical (unpaired) electrons. The van der Waals surface area contributed by atoms with Crippen molar-refractivity contribution in [1.29, 1.82) is 0 Å². The van der Waals surface area contributed by atoms with Crippen LogP contribution >= 0.6 is 0 Å². The van der Waals surface area contributed by atoms with Crippen LogP contribution in [0.1, 0.15) is 56.1 Å². The maximum absolute atomic E-state index is 3.59. The molecule has 0 amide bonds. The molecule has 2 aliphatic rings. The summed E-state index contributed by atoms with van der Waals surface area (Å²) in [6, 6.07) is 9.79. The first-order valence-corrected chi connectivity index (χ1v) is 8.76. The van der Waals surface area contributed by atoms with E-state index in [0.717, 1.165) is 25.0 Å². The molecule has 1 aliphatic heterocycles. The first-order chi connectivity index (χ1) is 10.3. The zero-order chi connectivity index (χ0) is 14.7. The molecule has 1 aliphatic carbocycles. The van der Waals surface area contributed by atoms with Crippen LogP contribution in [0.5, 0.6) is 0 Å². The maximum Gasteiger partial charge on any atom is 0.0208 e. The highest BCUT2D eigenvalue weighted by Crippen LogP contribution is 2.31. The molecule has 0 bridgehead atoms. The van der Waals surface area contributed by atoms with E-state index in [0.29, 0.717) is 5.92 Å². The fourth-order valence-corrected chi connectivity index (χ4v) is 4.24. The molecule has 1 N–H and O–H groups in total. The lowest BCUT2D eigenvalue weighted by molar-refractivity contribution is 0.154. The topological polar surface area (TPSA) is 15.3 Å². The molecule has 1 heterocycles. The Morgan fingerprint density at radius 1 is 1.14 bits per heavy atom. The molecule has 1 aromatic rings. The third-order valence-corrected chi connectivity index (χ3v) is 5.73. The van der Waals surface area contributed by atoms with Crippen LogP contribution in [-0.4, -0.2) is 31.1 Å². The highest BCUT2D eigenvalue weighted by molar-refractivity contribution is 5.32. The molecule has 3 rings (SSSR count). The number of hydrogen-bond donors (Lipinski definition) is 1. The summed E-state index contributed by atoms with van der Waals surface area (Å²) in [5, 5.41) is 3.59. The normalized spacial score (nSPS) is 29.4. The highest BCUT2D eigenvalue weighted by atomic mass is 15.1. The number of rotatable bonds is 4. The SMILES string of the molecule is CCC1CCC(N(C)CC2CNCc3ccccc32)CC1.